The lowest BCUT2D eigenvalue weighted by molar-refractivity contribution is -0.134. The maximum Gasteiger partial charge on any atom is 0.350 e. The van der Waals surface area contributed by atoms with Gasteiger partial charge in [0.15, 0.2) is 11.5 Å². The van der Waals surface area contributed by atoms with Gasteiger partial charge in [0.2, 0.25) is 0 Å². The van der Waals surface area contributed by atoms with E-state index in [9.17, 15) is 4.79 Å². The van der Waals surface area contributed by atoms with Gasteiger partial charge in [0, 0.05) is 43.5 Å². The van der Waals surface area contributed by atoms with E-state index < -0.39 is 11.7 Å². The minimum Gasteiger partial charge on any atom is -0.493 e. The third-order valence-electron chi connectivity index (χ3n) is 5.69. The molecule has 0 aliphatic rings. The van der Waals surface area contributed by atoms with E-state index in [2.05, 4.69) is 20.1 Å². The van der Waals surface area contributed by atoms with Crippen molar-refractivity contribution in [3.63, 3.8) is 0 Å². The Balaban J connectivity index is 0.00000103. The van der Waals surface area contributed by atoms with E-state index in [-0.39, 0.29) is 17.7 Å². The van der Waals surface area contributed by atoms with Gasteiger partial charge in [-0.05, 0) is 35.7 Å². The van der Waals surface area contributed by atoms with Crippen molar-refractivity contribution in [2.24, 2.45) is 5.73 Å². The lowest BCUT2D eigenvalue weighted by Gasteiger charge is -2.20. The minimum absolute atomic E-state index is 0.00636. The number of aromatic nitrogens is 5. The Hall–Kier alpha value is -5.04. The van der Waals surface area contributed by atoms with E-state index in [1.807, 2.05) is 24.3 Å². The highest BCUT2D eigenvalue weighted by Gasteiger charge is 2.24. The average molecular weight is 550 g/mol. The van der Waals surface area contributed by atoms with Crippen molar-refractivity contribution in [3.8, 4) is 17.4 Å². The highest BCUT2D eigenvalue weighted by molar-refractivity contribution is 5.94. The molecule has 0 saturated carbocycles. The van der Waals surface area contributed by atoms with Crippen LogP contribution in [0.25, 0.3) is 5.95 Å². The molecule has 0 amide bonds. The maximum atomic E-state index is 12.8. The Bertz CT molecular complexity index is 1500. The summed E-state index contributed by atoms with van der Waals surface area (Å²) in [5.41, 5.74) is 8.37. The van der Waals surface area contributed by atoms with Crippen LogP contribution in [0.1, 0.15) is 40.9 Å². The fraction of sp³-hybridized carbons (Fsp3) is 0.259. The highest BCUT2D eigenvalue weighted by atomic mass is 16.5. The highest BCUT2D eigenvalue weighted by Crippen LogP contribution is 2.37. The van der Waals surface area contributed by atoms with Crippen LogP contribution in [0.5, 0.6) is 11.5 Å². The van der Waals surface area contributed by atoms with Gasteiger partial charge >= 0.3 is 5.69 Å². The summed E-state index contributed by atoms with van der Waals surface area (Å²) in [6, 6.07) is 12.9. The van der Waals surface area contributed by atoms with Gasteiger partial charge in [0.25, 0.3) is 11.9 Å². The molecule has 0 saturated heterocycles. The molecular formula is C27H31N7O6. The maximum absolute atomic E-state index is 12.8. The number of carboxylic acids is 1. The zero-order valence-corrected chi connectivity index (χ0v) is 22.5. The molecule has 2 aromatic heterocycles. The van der Waals surface area contributed by atoms with Crippen LogP contribution in [0, 0.1) is 5.41 Å². The van der Waals surface area contributed by atoms with Crippen molar-refractivity contribution in [2.75, 3.05) is 21.3 Å². The van der Waals surface area contributed by atoms with Crippen LogP contribution in [-0.4, -0.2) is 63.0 Å². The number of benzene rings is 2. The van der Waals surface area contributed by atoms with Crippen molar-refractivity contribution in [2.45, 2.75) is 25.9 Å². The number of nitrogens with two attached hydrogens (primary N) is 1. The Kier molecular flexibility index (Phi) is 10.1. The number of aliphatic carboxylic acids is 1. The molecule has 1 unspecified atom stereocenters. The molecule has 0 bridgehead atoms. The summed E-state index contributed by atoms with van der Waals surface area (Å²) in [7, 11) is 4.74. The SMILES string of the molecule is CC(=O)O.COCc1cc(C(Cc2ccc(C(=N)N)cc2)c2nn(-c3ncccn3)c(=O)[nH]2)cc(OC)c1OC. The van der Waals surface area contributed by atoms with Gasteiger partial charge in [0.05, 0.1) is 20.8 Å². The molecule has 2 heterocycles. The molecule has 13 nitrogen and oxygen atoms in total. The summed E-state index contributed by atoms with van der Waals surface area (Å²) in [5.74, 6) is 0.492. The number of nitrogen functional groups attached to an aromatic ring is 1. The van der Waals surface area contributed by atoms with Crippen LogP contribution >= 0.6 is 0 Å². The minimum atomic E-state index is -0.833. The fourth-order valence-electron chi connectivity index (χ4n) is 3.99. The van der Waals surface area contributed by atoms with Gasteiger partial charge in [-0.2, -0.15) is 0 Å². The molecule has 1 atom stereocenters. The molecule has 0 aliphatic carbocycles. The Morgan fingerprint density at radius 2 is 1.77 bits per heavy atom. The van der Waals surface area contributed by atoms with E-state index >= 15 is 0 Å². The van der Waals surface area contributed by atoms with Crippen molar-refractivity contribution < 1.29 is 24.1 Å². The van der Waals surface area contributed by atoms with E-state index in [0.29, 0.717) is 35.9 Å². The fourth-order valence-corrected chi connectivity index (χ4v) is 3.99. The first-order valence-corrected chi connectivity index (χ1v) is 12.0. The molecule has 0 aliphatic heterocycles. The number of nitrogens with one attached hydrogen (secondary N) is 2. The number of amidine groups is 1. The van der Waals surface area contributed by atoms with Crippen molar-refractivity contribution in [1.29, 1.82) is 5.41 Å². The second-order valence-electron chi connectivity index (χ2n) is 8.51. The predicted molar refractivity (Wildman–Crippen MR) is 146 cm³/mol. The number of H-pyrrole nitrogens is 1. The van der Waals surface area contributed by atoms with E-state index in [0.717, 1.165) is 28.3 Å². The summed E-state index contributed by atoms with van der Waals surface area (Å²) >= 11 is 0. The number of carboxylic acid groups (broad SMARTS) is 1. The van der Waals surface area contributed by atoms with Crippen LogP contribution in [0.15, 0.2) is 59.7 Å². The lowest BCUT2D eigenvalue weighted by atomic mass is 9.89. The van der Waals surface area contributed by atoms with Crippen LogP contribution in [0.3, 0.4) is 0 Å². The molecular weight excluding hydrogens is 518 g/mol. The van der Waals surface area contributed by atoms with Gasteiger partial charge in [-0.1, -0.05) is 24.3 Å². The van der Waals surface area contributed by atoms with E-state index in [1.165, 1.54) is 0 Å². The molecule has 5 N–H and O–H groups in total. The summed E-state index contributed by atoms with van der Waals surface area (Å²) in [5, 5.41) is 19.6. The van der Waals surface area contributed by atoms with Gasteiger partial charge in [-0.3, -0.25) is 15.2 Å². The van der Waals surface area contributed by atoms with Crippen molar-refractivity contribution in [1.82, 2.24) is 24.7 Å². The number of aromatic amines is 1. The number of hydrogen-bond donors (Lipinski definition) is 4. The Morgan fingerprint density at radius 1 is 1.12 bits per heavy atom. The Morgan fingerprint density at radius 3 is 2.33 bits per heavy atom. The second-order valence-corrected chi connectivity index (χ2v) is 8.51. The number of hydrogen-bond acceptors (Lipinski definition) is 9. The van der Waals surface area contributed by atoms with Gasteiger partial charge < -0.3 is 25.1 Å². The Labute approximate surface area is 230 Å². The summed E-state index contributed by atoms with van der Waals surface area (Å²) in [4.78, 5) is 32.9. The molecule has 13 heteroatoms. The first-order chi connectivity index (χ1) is 19.2. The van der Waals surface area contributed by atoms with E-state index in [1.54, 1.807) is 51.9 Å². The van der Waals surface area contributed by atoms with Crippen LogP contribution in [0.2, 0.25) is 0 Å². The number of nitrogens with zero attached hydrogens (tertiary/aromatic N) is 4. The van der Waals surface area contributed by atoms with Crippen molar-refractivity contribution >= 4 is 11.8 Å². The van der Waals surface area contributed by atoms with Gasteiger partial charge in [-0.15, -0.1) is 9.78 Å². The number of carbonyl (C=O) groups is 1. The van der Waals surface area contributed by atoms with Crippen LogP contribution < -0.4 is 20.9 Å². The zero-order valence-electron chi connectivity index (χ0n) is 22.5. The zero-order chi connectivity index (χ0) is 29.2. The summed E-state index contributed by atoms with van der Waals surface area (Å²) < 4.78 is 17.7. The molecule has 0 fully saturated rings. The molecule has 4 rings (SSSR count). The average Bonchev–Trinajstić information content (AvgIpc) is 3.33. The summed E-state index contributed by atoms with van der Waals surface area (Å²) in [6.45, 7) is 1.39. The number of rotatable bonds is 10. The normalized spacial score (nSPS) is 11.2. The van der Waals surface area contributed by atoms with Crippen LogP contribution in [0.4, 0.5) is 0 Å². The largest absolute Gasteiger partial charge is 0.493 e. The van der Waals surface area contributed by atoms with Gasteiger partial charge in [0.1, 0.15) is 11.7 Å². The second kappa shape index (κ2) is 13.7. The number of ether oxygens (including phenoxy) is 3. The van der Waals surface area contributed by atoms with Crippen molar-refractivity contribution in [3.05, 3.63) is 93.4 Å². The molecule has 40 heavy (non-hydrogen) atoms. The molecule has 0 radical (unpaired) electrons. The smallest absolute Gasteiger partial charge is 0.350 e. The first kappa shape index (κ1) is 29.5. The topological polar surface area (TPSA) is 191 Å². The monoisotopic (exact) mass is 549 g/mol. The third kappa shape index (κ3) is 7.29. The van der Waals surface area contributed by atoms with Gasteiger partial charge in [-0.25, -0.2) is 14.8 Å². The lowest BCUT2D eigenvalue weighted by Crippen LogP contribution is -2.18. The third-order valence-corrected chi connectivity index (χ3v) is 5.69. The summed E-state index contributed by atoms with van der Waals surface area (Å²) in [6.07, 6.45) is 3.58. The standard InChI is InChI=1S/C25H27N7O4.C2H4O2/c1-34-14-18-12-17(13-20(35-2)21(18)36-3)19(11-15-5-7-16(8-6-15)22(26)27)23-30-25(33)32(31-23)24-28-9-4-10-29-24;1-2(3)4/h4-10,12-13,19H,11,14H2,1-3H3,(H3,26,27)(H,30,31,33);1H3,(H,3,4). The predicted octanol–water partition coefficient (Wildman–Crippen LogP) is 2.26. The molecule has 210 valence electrons. The quantitative estimate of drug-likeness (QED) is 0.168. The molecule has 0 spiro atoms. The molecule has 2 aromatic carbocycles. The van der Waals surface area contributed by atoms with Crippen LogP contribution in [-0.2, 0) is 22.6 Å². The van der Waals surface area contributed by atoms with E-state index in [4.69, 9.17) is 35.3 Å². The number of methoxy groups -OCH3 is 3. The molecule has 4 aromatic rings. The first-order valence-electron chi connectivity index (χ1n) is 12.0.